The summed E-state index contributed by atoms with van der Waals surface area (Å²) in [6.45, 7) is 1.90. The van der Waals surface area contributed by atoms with Crippen molar-refractivity contribution in [3.63, 3.8) is 0 Å². The third-order valence-corrected chi connectivity index (χ3v) is 4.37. The molecule has 0 bridgehead atoms. The zero-order valence-corrected chi connectivity index (χ0v) is 11.7. The molecule has 3 rings (SSSR count). The topological polar surface area (TPSA) is 60.2 Å². The standard InChI is InChI=1S/C12H10N4OS2/c1-8-6-19-12-15-9(5-10(17)16(8)12)7-18-11-13-3-2-4-14-11/h2-6H,7H2,1H3. The van der Waals surface area contributed by atoms with Gasteiger partial charge in [0.2, 0.25) is 0 Å². The molecule has 3 aromatic rings. The molecule has 0 radical (unpaired) electrons. The third kappa shape index (κ3) is 2.52. The quantitative estimate of drug-likeness (QED) is 0.546. The fourth-order valence-corrected chi connectivity index (χ4v) is 3.26. The second kappa shape index (κ2) is 5.10. The average molecular weight is 290 g/mol. The molecule has 0 fully saturated rings. The van der Waals surface area contributed by atoms with Crippen molar-refractivity contribution in [2.45, 2.75) is 17.8 Å². The van der Waals surface area contributed by atoms with Gasteiger partial charge in [-0.1, -0.05) is 11.8 Å². The van der Waals surface area contributed by atoms with Gasteiger partial charge in [0.1, 0.15) is 0 Å². The molecule has 0 saturated carbocycles. The summed E-state index contributed by atoms with van der Waals surface area (Å²) in [5, 5.41) is 2.62. The molecule has 0 aromatic carbocycles. The Morgan fingerprint density at radius 3 is 2.95 bits per heavy atom. The van der Waals surface area contributed by atoms with Crippen LogP contribution in [0.15, 0.2) is 39.9 Å². The predicted molar refractivity (Wildman–Crippen MR) is 75.7 cm³/mol. The molecule has 3 heterocycles. The van der Waals surface area contributed by atoms with Crippen LogP contribution < -0.4 is 5.56 Å². The van der Waals surface area contributed by atoms with Gasteiger partial charge in [0.25, 0.3) is 5.56 Å². The molecular formula is C12H10N4OS2. The Bertz CT molecular complexity index is 766. The monoisotopic (exact) mass is 290 g/mol. The Balaban J connectivity index is 1.88. The van der Waals surface area contributed by atoms with Crippen LogP contribution in [0.25, 0.3) is 4.96 Å². The molecular weight excluding hydrogens is 280 g/mol. The lowest BCUT2D eigenvalue weighted by Gasteiger charge is -2.01. The lowest BCUT2D eigenvalue weighted by atomic mass is 10.4. The number of fused-ring (bicyclic) bond motifs is 1. The van der Waals surface area contributed by atoms with E-state index in [0.717, 1.165) is 16.3 Å². The molecule has 0 aliphatic rings. The fourth-order valence-electron chi connectivity index (χ4n) is 1.67. The molecule has 0 N–H and O–H groups in total. The molecule has 19 heavy (non-hydrogen) atoms. The molecule has 0 saturated heterocycles. The molecule has 0 unspecified atom stereocenters. The Kier molecular flexibility index (Phi) is 3.31. The van der Waals surface area contributed by atoms with Crippen LogP contribution in [0.3, 0.4) is 0 Å². The van der Waals surface area contributed by atoms with Crippen molar-refractivity contribution in [1.82, 2.24) is 19.4 Å². The normalized spacial score (nSPS) is 11.0. The van der Waals surface area contributed by atoms with Crippen LogP contribution in [-0.4, -0.2) is 19.4 Å². The summed E-state index contributed by atoms with van der Waals surface area (Å²) in [4.78, 5) is 25.4. The van der Waals surface area contributed by atoms with E-state index in [2.05, 4.69) is 15.0 Å². The van der Waals surface area contributed by atoms with Gasteiger partial charge >= 0.3 is 0 Å². The Labute approximate surface area is 117 Å². The largest absolute Gasteiger partial charge is 0.269 e. The number of hydrogen-bond acceptors (Lipinski definition) is 6. The van der Waals surface area contributed by atoms with Gasteiger partial charge in [-0.15, -0.1) is 11.3 Å². The minimum absolute atomic E-state index is 0.0340. The first-order chi connectivity index (χ1) is 9.24. The molecule has 0 spiro atoms. The van der Waals surface area contributed by atoms with Crippen LogP contribution in [0.5, 0.6) is 0 Å². The van der Waals surface area contributed by atoms with Crippen LogP contribution in [0.2, 0.25) is 0 Å². The van der Waals surface area contributed by atoms with Crippen LogP contribution in [-0.2, 0) is 5.75 Å². The van der Waals surface area contributed by atoms with Crippen LogP contribution in [0.1, 0.15) is 11.4 Å². The van der Waals surface area contributed by atoms with Gasteiger partial charge in [-0.25, -0.2) is 15.0 Å². The van der Waals surface area contributed by atoms with E-state index in [-0.39, 0.29) is 5.56 Å². The van der Waals surface area contributed by atoms with Crippen molar-refractivity contribution in [3.8, 4) is 0 Å². The number of aromatic nitrogens is 4. The van der Waals surface area contributed by atoms with E-state index in [1.54, 1.807) is 28.9 Å². The smallest absolute Gasteiger partial charge is 0.258 e. The number of thiazole rings is 1. The van der Waals surface area contributed by atoms with Crippen molar-refractivity contribution < 1.29 is 0 Å². The van der Waals surface area contributed by atoms with E-state index >= 15 is 0 Å². The van der Waals surface area contributed by atoms with Crippen molar-refractivity contribution in [2.24, 2.45) is 0 Å². The highest BCUT2D eigenvalue weighted by molar-refractivity contribution is 7.98. The van der Waals surface area contributed by atoms with E-state index in [0.29, 0.717) is 10.9 Å². The summed E-state index contributed by atoms with van der Waals surface area (Å²) in [5.74, 6) is 0.590. The lowest BCUT2D eigenvalue weighted by Crippen LogP contribution is -2.14. The van der Waals surface area contributed by atoms with Crippen molar-refractivity contribution in [2.75, 3.05) is 0 Å². The highest BCUT2D eigenvalue weighted by Gasteiger charge is 2.07. The van der Waals surface area contributed by atoms with E-state index in [9.17, 15) is 4.79 Å². The number of nitrogens with zero attached hydrogens (tertiary/aromatic N) is 4. The molecule has 5 nitrogen and oxygen atoms in total. The maximum atomic E-state index is 12.0. The van der Waals surface area contributed by atoms with Crippen molar-refractivity contribution in [1.29, 1.82) is 0 Å². The molecule has 0 aliphatic carbocycles. The van der Waals surface area contributed by atoms with Gasteiger partial charge < -0.3 is 0 Å². The van der Waals surface area contributed by atoms with E-state index in [1.807, 2.05) is 12.3 Å². The van der Waals surface area contributed by atoms with Crippen molar-refractivity contribution in [3.05, 3.63) is 51.6 Å². The lowest BCUT2D eigenvalue weighted by molar-refractivity contribution is 0.960. The van der Waals surface area contributed by atoms with E-state index < -0.39 is 0 Å². The van der Waals surface area contributed by atoms with Gasteiger partial charge in [0.15, 0.2) is 10.1 Å². The maximum absolute atomic E-state index is 12.0. The van der Waals surface area contributed by atoms with Crippen LogP contribution in [0.4, 0.5) is 0 Å². The van der Waals surface area contributed by atoms with Gasteiger partial charge in [-0.3, -0.25) is 9.20 Å². The predicted octanol–water partition coefficient (Wildman–Crippen LogP) is 2.15. The molecule has 7 heteroatoms. The number of thioether (sulfide) groups is 1. The van der Waals surface area contributed by atoms with E-state index in [1.165, 1.54) is 23.1 Å². The number of hydrogen-bond donors (Lipinski definition) is 0. The molecule has 0 atom stereocenters. The van der Waals surface area contributed by atoms with Gasteiger partial charge in [-0.2, -0.15) is 0 Å². The Hall–Kier alpha value is -1.73. The fraction of sp³-hybridized carbons (Fsp3) is 0.167. The highest BCUT2D eigenvalue weighted by atomic mass is 32.2. The summed E-state index contributed by atoms with van der Waals surface area (Å²) in [6.07, 6.45) is 3.40. The van der Waals surface area contributed by atoms with E-state index in [4.69, 9.17) is 0 Å². The van der Waals surface area contributed by atoms with Crippen LogP contribution >= 0.6 is 23.1 Å². The molecule has 3 aromatic heterocycles. The van der Waals surface area contributed by atoms with Gasteiger partial charge in [0.05, 0.1) is 5.69 Å². The maximum Gasteiger partial charge on any atom is 0.258 e. The number of rotatable bonds is 3. The Morgan fingerprint density at radius 1 is 1.37 bits per heavy atom. The molecule has 96 valence electrons. The summed E-state index contributed by atoms with van der Waals surface area (Å²) in [7, 11) is 0. The van der Waals surface area contributed by atoms with Gasteiger partial charge in [-0.05, 0) is 13.0 Å². The summed E-state index contributed by atoms with van der Waals surface area (Å²) in [5.41, 5.74) is 1.64. The van der Waals surface area contributed by atoms with Crippen LogP contribution in [0, 0.1) is 6.92 Å². The first kappa shape index (κ1) is 12.3. The minimum atomic E-state index is -0.0340. The summed E-state index contributed by atoms with van der Waals surface area (Å²) < 4.78 is 1.62. The highest BCUT2D eigenvalue weighted by Crippen LogP contribution is 2.18. The summed E-state index contributed by atoms with van der Waals surface area (Å²) in [6, 6.07) is 3.35. The third-order valence-electron chi connectivity index (χ3n) is 2.52. The molecule has 0 amide bonds. The first-order valence-electron chi connectivity index (χ1n) is 5.60. The van der Waals surface area contributed by atoms with Gasteiger partial charge in [0, 0.05) is 35.3 Å². The minimum Gasteiger partial charge on any atom is -0.269 e. The van der Waals surface area contributed by atoms with Crippen molar-refractivity contribution >= 4 is 28.1 Å². The molecule has 0 aliphatic heterocycles. The average Bonchev–Trinajstić information content (AvgIpc) is 2.80. The second-order valence-electron chi connectivity index (χ2n) is 3.90. The second-order valence-corrected chi connectivity index (χ2v) is 5.68. The number of aryl methyl sites for hydroxylation is 1. The summed E-state index contributed by atoms with van der Waals surface area (Å²) >= 11 is 2.94. The zero-order valence-electron chi connectivity index (χ0n) is 10.1. The SMILES string of the molecule is Cc1csc2nc(CSc3ncccn3)cc(=O)n12. The Morgan fingerprint density at radius 2 is 2.16 bits per heavy atom. The zero-order chi connectivity index (χ0) is 13.2. The first-order valence-corrected chi connectivity index (χ1v) is 7.47.